The van der Waals surface area contributed by atoms with Crippen LogP contribution in [-0.2, 0) is 9.53 Å². The van der Waals surface area contributed by atoms with Crippen molar-refractivity contribution in [2.45, 2.75) is 13.8 Å². The van der Waals surface area contributed by atoms with Crippen molar-refractivity contribution in [1.29, 1.82) is 0 Å². The lowest BCUT2D eigenvalue weighted by Crippen LogP contribution is -2.00. The number of ether oxygens (including phenoxy) is 1. The van der Waals surface area contributed by atoms with Crippen LogP contribution in [0.25, 0.3) is 0 Å². The van der Waals surface area contributed by atoms with Crippen LogP contribution in [0.4, 0.5) is 0 Å². The van der Waals surface area contributed by atoms with Gasteiger partial charge in [0.15, 0.2) is 0 Å². The van der Waals surface area contributed by atoms with Crippen molar-refractivity contribution in [3.63, 3.8) is 0 Å². The van der Waals surface area contributed by atoms with Crippen LogP contribution in [0.5, 0.6) is 0 Å². The topological polar surface area (TPSA) is 26.3 Å². The Kier molecular flexibility index (Phi) is 4.75. The number of rotatable bonds is 2. The van der Waals surface area contributed by atoms with Crippen LogP contribution >= 0.6 is 22.6 Å². The van der Waals surface area contributed by atoms with Crippen molar-refractivity contribution < 1.29 is 9.53 Å². The van der Waals surface area contributed by atoms with Gasteiger partial charge in [0.1, 0.15) is 6.61 Å². The number of carbonyl (C=O) groups excluding carboxylic acids is 1. The van der Waals surface area contributed by atoms with E-state index in [0.29, 0.717) is 6.61 Å². The smallest absolute Gasteiger partial charge is 0.302 e. The van der Waals surface area contributed by atoms with Gasteiger partial charge in [-0.15, -0.1) is 0 Å². The van der Waals surface area contributed by atoms with Crippen molar-refractivity contribution >= 4 is 28.6 Å². The summed E-state index contributed by atoms with van der Waals surface area (Å²) in [6, 6.07) is 0. The SMILES string of the molecule is CC(=O)OC/C(C)=C/I. The third-order valence-corrected chi connectivity index (χ3v) is 1.75. The van der Waals surface area contributed by atoms with Crippen molar-refractivity contribution in [1.82, 2.24) is 0 Å². The monoisotopic (exact) mass is 240 g/mol. The summed E-state index contributed by atoms with van der Waals surface area (Å²) in [4.78, 5) is 10.2. The lowest BCUT2D eigenvalue weighted by molar-refractivity contribution is -0.139. The average molecular weight is 240 g/mol. The third kappa shape index (κ3) is 5.82. The molecule has 0 spiro atoms. The highest BCUT2D eigenvalue weighted by Crippen LogP contribution is 1.97. The molecule has 0 bridgehead atoms. The first kappa shape index (κ1) is 8.94. The number of hydrogen-bond donors (Lipinski definition) is 0. The molecule has 0 unspecified atom stereocenters. The van der Waals surface area contributed by atoms with Crippen LogP contribution in [0.2, 0.25) is 0 Å². The van der Waals surface area contributed by atoms with Gasteiger partial charge in [0, 0.05) is 6.92 Å². The zero-order valence-corrected chi connectivity index (χ0v) is 7.64. The van der Waals surface area contributed by atoms with E-state index in [1.54, 1.807) is 0 Å². The second kappa shape index (κ2) is 4.78. The van der Waals surface area contributed by atoms with E-state index in [1.165, 1.54) is 6.92 Å². The predicted molar refractivity (Wildman–Crippen MR) is 44.4 cm³/mol. The Bertz CT molecular complexity index is 129. The molecule has 0 aromatic heterocycles. The first-order valence-electron chi connectivity index (χ1n) is 2.56. The van der Waals surface area contributed by atoms with Gasteiger partial charge in [-0.05, 0) is 16.6 Å². The molecule has 0 fully saturated rings. The zero-order valence-electron chi connectivity index (χ0n) is 5.48. The molecule has 0 saturated carbocycles. The molecule has 0 aliphatic heterocycles. The Morgan fingerprint density at radius 3 is 2.56 bits per heavy atom. The largest absolute Gasteiger partial charge is 0.461 e. The van der Waals surface area contributed by atoms with Crippen molar-refractivity contribution in [2.75, 3.05) is 6.61 Å². The van der Waals surface area contributed by atoms with Gasteiger partial charge < -0.3 is 4.74 Å². The van der Waals surface area contributed by atoms with Crippen LogP contribution in [0, 0.1) is 0 Å². The highest BCUT2D eigenvalue weighted by Gasteiger charge is 1.91. The normalized spacial score (nSPS) is 11.2. The second-order valence-corrected chi connectivity index (χ2v) is 2.36. The predicted octanol–water partition coefficient (Wildman–Crippen LogP) is 1.89. The number of hydrogen-bond acceptors (Lipinski definition) is 2. The van der Waals surface area contributed by atoms with E-state index in [1.807, 2.05) is 11.0 Å². The van der Waals surface area contributed by atoms with Crippen molar-refractivity contribution in [3.05, 3.63) is 9.66 Å². The van der Waals surface area contributed by atoms with Gasteiger partial charge in [0.05, 0.1) is 0 Å². The van der Waals surface area contributed by atoms with Gasteiger partial charge in [-0.3, -0.25) is 4.79 Å². The molecule has 0 heterocycles. The van der Waals surface area contributed by atoms with Crippen LogP contribution in [0.15, 0.2) is 9.66 Å². The van der Waals surface area contributed by atoms with E-state index in [0.717, 1.165) is 5.57 Å². The maximum Gasteiger partial charge on any atom is 0.302 e. The van der Waals surface area contributed by atoms with Crippen molar-refractivity contribution in [2.24, 2.45) is 0 Å². The van der Waals surface area contributed by atoms with E-state index in [9.17, 15) is 4.79 Å². The summed E-state index contributed by atoms with van der Waals surface area (Å²) in [6.45, 7) is 3.73. The molecule has 0 radical (unpaired) electrons. The maximum absolute atomic E-state index is 10.2. The first-order chi connectivity index (χ1) is 4.16. The van der Waals surface area contributed by atoms with Gasteiger partial charge in [0.2, 0.25) is 0 Å². The molecule has 0 saturated heterocycles. The number of carbonyl (C=O) groups is 1. The Hall–Kier alpha value is -0.0600. The van der Waals surface area contributed by atoms with Crippen LogP contribution in [0.1, 0.15) is 13.8 Å². The lowest BCUT2D eigenvalue weighted by Gasteiger charge is -1.98. The summed E-state index contributed by atoms with van der Waals surface area (Å²) in [7, 11) is 0. The van der Waals surface area contributed by atoms with Gasteiger partial charge in [0.25, 0.3) is 0 Å². The van der Waals surface area contributed by atoms with Gasteiger partial charge in [-0.2, -0.15) is 0 Å². The van der Waals surface area contributed by atoms with E-state index in [2.05, 4.69) is 27.3 Å². The van der Waals surface area contributed by atoms with Gasteiger partial charge in [-0.1, -0.05) is 22.6 Å². The van der Waals surface area contributed by atoms with Gasteiger partial charge in [-0.25, -0.2) is 0 Å². The highest BCUT2D eigenvalue weighted by atomic mass is 127. The second-order valence-electron chi connectivity index (χ2n) is 1.74. The molecule has 0 N–H and O–H groups in total. The first-order valence-corrected chi connectivity index (χ1v) is 3.80. The summed E-state index contributed by atoms with van der Waals surface area (Å²) in [5.41, 5.74) is 1.06. The van der Waals surface area contributed by atoms with E-state index in [4.69, 9.17) is 0 Å². The molecular formula is C6H9IO2. The fourth-order valence-electron chi connectivity index (χ4n) is 0.247. The molecule has 52 valence electrons. The lowest BCUT2D eigenvalue weighted by atomic mass is 10.4. The molecule has 0 aliphatic rings. The summed E-state index contributed by atoms with van der Waals surface area (Å²) < 4.78 is 6.57. The van der Waals surface area contributed by atoms with Crippen LogP contribution < -0.4 is 0 Å². The number of halogens is 1. The minimum absolute atomic E-state index is 0.229. The average Bonchev–Trinajstić information content (AvgIpc) is 1.83. The van der Waals surface area contributed by atoms with E-state index in [-0.39, 0.29) is 5.97 Å². The summed E-state index contributed by atoms with van der Waals surface area (Å²) >= 11 is 2.11. The quantitative estimate of drug-likeness (QED) is 0.544. The molecule has 0 aromatic carbocycles. The molecular weight excluding hydrogens is 231 g/mol. The molecule has 9 heavy (non-hydrogen) atoms. The van der Waals surface area contributed by atoms with E-state index < -0.39 is 0 Å². The fraction of sp³-hybridized carbons (Fsp3) is 0.500. The Morgan fingerprint density at radius 1 is 1.67 bits per heavy atom. The van der Waals surface area contributed by atoms with Gasteiger partial charge >= 0.3 is 5.97 Å². The van der Waals surface area contributed by atoms with E-state index >= 15 is 0 Å². The van der Waals surface area contributed by atoms with Crippen LogP contribution in [-0.4, -0.2) is 12.6 Å². The Balaban J connectivity index is 3.39. The standard InChI is InChI=1S/C6H9IO2/c1-5(3-7)4-9-6(2)8/h3H,4H2,1-2H3/b5-3+. The number of esters is 1. The van der Waals surface area contributed by atoms with Crippen LogP contribution in [0.3, 0.4) is 0 Å². The van der Waals surface area contributed by atoms with Crippen molar-refractivity contribution in [3.8, 4) is 0 Å². The zero-order chi connectivity index (χ0) is 7.28. The minimum Gasteiger partial charge on any atom is -0.461 e. The Morgan fingerprint density at radius 2 is 2.22 bits per heavy atom. The minimum atomic E-state index is -0.229. The molecule has 0 aromatic rings. The molecule has 2 nitrogen and oxygen atoms in total. The summed E-state index contributed by atoms with van der Waals surface area (Å²) in [6.07, 6.45) is 0. The summed E-state index contributed by atoms with van der Waals surface area (Å²) in [5.74, 6) is -0.229. The third-order valence-electron chi connectivity index (χ3n) is 0.689. The fourth-order valence-corrected chi connectivity index (χ4v) is 0.427. The molecule has 0 rings (SSSR count). The highest BCUT2D eigenvalue weighted by molar-refractivity contribution is 14.1. The summed E-state index contributed by atoms with van der Waals surface area (Å²) in [5, 5.41) is 0. The maximum atomic E-state index is 10.2. The molecule has 0 amide bonds. The molecule has 0 aliphatic carbocycles. The Labute approximate surface area is 68.4 Å². The molecule has 0 atom stereocenters. The molecule has 3 heteroatoms.